The molecule has 1 unspecified atom stereocenters. The van der Waals surface area contributed by atoms with Gasteiger partial charge in [-0.25, -0.2) is 0 Å². The summed E-state index contributed by atoms with van der Waals surface area (Å²) in [5.74, 6) is -0.485. The molecular weight excluding hydrogens is 288 g/mol. The Bertz CT molecular complexity index is 499. The van der Waals surface area contributed by atoms with Crippen LogP contribution in [0, 0.1) is 5.92 Å². The predicted molar refractivity (Wildman–Crippen MR) is 83.2 cm³/mol. The second-order valence-corrected chi connectivity index (χ2v) is 6.15. The molecule has 1 aromatic rings. The van der Waals surface area contributed by atoms with Crippen molar-refractivity contribution in [2.75, 3.05) is 26.2 Å². The van der Waals surface area contributed by atoms with Crippen LogP contribution in [0.15, 0.2) is 23.6 Å². The van der Waals surface area contributed by atoms with Crippen LogP contribution in [0.5, 0.6) is 0 Å². The van der Waals surface area contributed by atoms with Gasteiger partial charge >= 0.3 is 5.97 Å². The minimum Gasteiger partial charge on any atom is -0.480 e. The predicted octanol–water partition coefficient (Wildman–Crippen LogP) is 1.67. The second-order valence-electron chi connectivity index (χ2n) is 5.17. The Balaban J connectivity index is 1.79. The zero-order chi connectivity index (χ0) is 15.1. The maximum Gasteiger partial charge on any atom is 0.317 e. The van der Waals surface area contributed by atoms with E-state index in [1.54, 1.807) is 17.4 Å². The molecule has 0 aliphatic carbocycles. The number of carboxylic acids is 1. The minimum atomic E-state index is -0.849. The highest BCUT2D eigenvalue weighted by molar-refractivity contribution is 7.10. The van der Waals surface area contributed by atoms with Crippen molar-refractivity contribution in [2.24, 2.45) is 5.92 Å². The number of carboxylic acid groups (broad SMARTS) is 1. The zero-order valence-electron chi connectivity index (χ0n) is 11.8. The van der Waals surface area contributed by atoms with Crippen LogP contribution in [0.2, 0.25) is 0 Å². The first kappa shape index (κ1) is 15.7. The van der Waals surface area contributed by atoms with Crippen molar-refractivity contribution in [3.63, 3.8) is 0 Å². The van der Waals surface area contributed by atoms with Gasteiger partial charge in [-0.2, -0.15) is 0 Å². The molecule has 1 aromatic heterocycles. The molecule has 0 radical (unpaired) electrons. The van der Waals surface area contributed by atoms with Gasteiger partial charge in [-0.15, -0.1) is 11.3 Å². The first-order valence-corrected chi connectivity index (χ1v) is 7.96. The summed E-state index contributed by atoms with van der Waals surface area (Å²) >= 11 is 1.60. The lowest BCUT2D eigenvalue weighted by Crippen LogP contribution is -2.42. The third kappa shape index (κ3) is 5.32. The van der Waals surface area contributed by atoms with Crippen molar-refractivity contribution in [2.45, 2.75) is 12.8 Å². The van der Waals surface area contributed by atoms with E-state index in [4.69, 9.17) is 5.11 Å². The van der Waals surface area contributed by atoms with E-state index < -0.39 is 5.97 Å². The number of thiophene rings is 1. The molecule has 5 nitrogen and oxygen atoms in total. The van der Waals surface area contributed by atoms with Gasteiger partial charge in [-0.05, 0) is 36.3 Å². The molecule has 21 heavy (non-hydrogen) atoms. The van der Waals surface area contributed by atoms with Crippen LogP contribution in [-0.4, -0.2) is 48.1 Å². The maximum absolute atomic E-state index is 12.2. The summed E-state index contributed by atoms with van der Waals surface area (Å²) in [5, 5.41) is 13.5. The Hall–Kier alpha value is -1.66. The number of likely N-dealkylation sites (tertiary alicyclic amines) is 1. The van der Waals surface area contributed by atoms with Gasteiger partial charge in [-0.1, -0.05) is 6.07 Å². The Morgan fingerprint density at radius 1 is 1.52 bits per heavy atom. The van der Waals surface area contributed by atoms with Gasteiger partial charge in [0, 0.05) is 30.6 Å². The third-order valence-corrected chi connectivity index (χ3v) is 4.31. The Labute approximate surface area is 128 Å². The molecule has 0 spiro atoms. The topological polar surface area (TPSA) is 69.6 Å². The molecule has 1 amide bonds. The van der Waals surface area contributed by atoms with Gasteiger partial charge in [0.15, 0.2) is 0 Å². The lowest BCUT2D eigenvalue weighted by atomic mass is 9.98. The Morgan fingerprint density at radius 3 is 3.10 bits per heavy atom. The minimum absolute atomic E-state index is 0.0251. The van der Waals surface area contributed by atoms with Gasteiger partial charge in [0.25, 0.3) is 0 Å². The summed E-state index contributed by atoms with van der Waals surface area (Å²) in [6.07, 6.45) is 5.47. The highest BCUT2D eigenvalue weighted by Gasteiger charge is 2.22. The summed E-state index contributed by atoms with van der Waals surface area (Å²) in [6, 6.07) is 3.93. The van der Waals surface area contributed by atoms with Crippen molar-refractivity contribution in [1.82, 2.24) is 10.2 Å². The van der Waals surface area contributed by atoms with E-state index in [0.29, 0.717) is 19.0 Å². The lowest BCUT2D eigenvalue weighted by molar-refractivity contribution is -0.136. The molecule has 1 atom stereocenters. The molecule has 2 N–H and O–H groups in total. The normalized spacial score (nSPS) is 19.0. The Kier molecular flexibility index (Phi) is 5.95. The molecule has 0 aromatic carbocycles. The first-order chi connectivity index (χ1) is 10.1. The average Bonchev–Trinajstić information content (AvgIpc) is 2.98. The van der Waals surface area contributed by atoms with E-state index in [0.717, 1.165) is 24.3 Å². The number of aliphatic carboxylic acids is 1. The van der Waals surface area contributed by atoms with Crippen LogP contribution in [0.1, 0.15) is 17.7 Å². The van der Waals surface area contributed by atoms with Crippen LogP contribution in [-0.2, 0) is 9.59 Å². The van der Waals surface area contributed by atoms with Crippen LogP contribution in [0.3, 0.4) is 0 Å². The summed E-state index contributed by atoms with van der Waals surface area (Å²) in [6.45, 7) is 2.09. The lowest BCUT2D eigenvalue weighted by Gasteiger charge is -2.32. The van der Waals surface area contributed by atoms with E-state index >= 15 is 0 Å². The molecule has 1 aliphatic rings. The van der Waals surface area contributed by atoms with Crippen molar-refractivity contribution in [3.8, 4) is 0 Å². The molecule has 0 bridgehead atoms. The second kappa shape index (κ2) is 7.95. The fourth-order valence-corrected chi connectivity index (χ4v) is 3.08. The molecule has 2 heterocycles. The molecular formula is C15H20N2O3S. The van der Waals surface area contributed by atoms with E-state index in [-0.39, 0.29) is 12.5 Å². The summed E-state index contributed by atoms with van der Waals surface area (Å²) < 4.78 is 0. The molecule has 1 fully saturated rings. The van der Waals surface area contributed by atoms with Gasteiger partial charge in [0.2, 0.25) is 5.91 Å². The first-order valence-electron chi connectivity index (χ1n) is 7.08. The van der Waals surface area contributed by atoms with Crippen LogP contribution < -0.4 is 5.32 Å². The van der Waals surface area contributed by atoms with Crippen molar-refractivity contribution >= 4 is 29.3 Å². The number of hydrogen-bond donors (Lipinski definition) is 2. The number of carbonyl (C=O) groups is 2. The largest absolute Gasteiger partial charge is 0.480 e. The van der Waals surface area contributed by atoms with E-state index in [2.05, 4.69) is 5.32 Å². The van der Waals surface area contributed by atoms with Gasteiger partial charge in [0.1, 0.15) is 0 Å². The van der Waals surface area contributed by atoms with E-state index in [9.17, 15) is 9.59 Å². The zero-order valence-corrected chi connectivity index (χ0v) is 12.6. The summed E-state index contributed by atoms with van der Waals surface area (Å²) in [4.78, 5) is 25.5. The highest BCUT2D eigenvalue weighted by atomic mass is 32.1. The van der Waals surface area contributed by atoms with Gasteiger partial charge in [-0.3, -0.25) is 9.59 Å². The standard InChI is InChI=1S/C15H20N2O3S/c18-14(6-5-13-4-2-8-21-13)17-7-1-3-12(11-17)9-16-10-15(19)20/h2,4-6,8,12,16H,1,3,7,9-11H2,(H,19,20)/b6-5+. The van der Waals surface area contributed by atoms with Gasteiger partial charge < -0.3 is 15.3 Å². The number of carbonyl (C=O) groups excluding carboxylic acids is 1. The van der Waals surface area contributed by atoms with Crippen LogP contribution in [0.4, 0.5) is 0 Å². The summed E-state index contributed by atoms with van der Waals surface area (Å²) in [5.41, 5.74) is 0. The molecule has 2 rings (SSSR count). The smallest absolute Gasteiger partial charge is 0.317 e. The van der Waals surface area contributed by atoms with Crippen molar-refractivity contribution in [1.29, 1.82) is 0 Å². The number of nitrogens with one attached hydrogen (secondary N) is 1. The number of rotatable bonds is 6. The van der Waals surface area contributed by atoms with E-state index in [1.807, 2.05) is 28.5 Å². The maximum atomic E-state index is 12.2. The van der Waals surface area contributed by atoms with Crippen molar-refractivity contribution in [3.05, 3.63) is 28.5 Å². The molecule has 1 aliphatic heterocycles. The van der Waals surface area contributed by atoms with Crippen molar-refractivity contribution < 1.29 is 14.7 Å². The van der Waals surface area contributed by atoms with E-state index in [1.165, 1.54) is 0 Å². The Morgan fingerprint density at radius 2 is 2.38 bits per heavy atom. The number of hydrogen-bond acceptors (Lipinski definition) is 4. The number of nitrogens with zero attached hydrogens (tertiary/aromatic N) is 1. The molecule has 114 valence electrons. The average molecular weight is 308 g/mol. The monoisotopic (exact) mass is 308 g/mol. The van der Waals surface area contributed by atoms with Crippen LogP contribution in [0.25, 0.3) is 6.08 Å². The van der Waals surface area contributed by atoms with Crippen LogP contribution >= 0.6 is 11.3 Å². The molecule has 1 saturated heterocycles. The number of amides is 1. The molecule has 0 saturated carbocycles. The fraction of sp³-hybridized carbons (Fsp3) is 0.467. The quantitative estimate of drug-likeness (QED) is 0.784. The number of piperidine rings is 1. The molecule has 6 heteroatoms. The fourth-order valence-electron chi connectivity index (χ4n) is 2.46. The summed E-state index contributed by atoms with van der Waals surface area (Å²) in [7, 11) is 0. The van der Waals surface area contributed by atoms with Gasteiger partial charge in [0.05, 0.1) is 6.54 Å². The SMILES string of the molecule is O=C(O)CNCC1CCCN(C(=O)/C=C/c2cccs2)C1. The highest BCUT2D eigenvalue weighted by Crippen LogP contribution is 2.17. The third-order valence-electron chi connectivity index (χ3n) is 3.47.